The molecule has 0 saturated heterocycles. The lowest BCUT2D eigenvalue weighted by Crippen LogP contribution is -2.24. The summed E-state index contributed by atoms with van der Waals surface area (Å²) in [5.74, 6) is -0.522. The number of pyridine rings is 1. The smallest absolute Gasteiger partial charge is 0.279 e. The van der Waals surface area contributed by atoms with Gasteiger partial charge < -0.3 is 14.1 Å². The van der Waals surface area contributed by atoms with Gasteiger partial charge in [-0.1, -0.05) is 28.1 Å². The number of hydrogen-bond donors (Lipinski definition) is 1. The van der Waals surface area contributed by atoms with Gasteiger partial charge in [0.2, 0.25) is 5.43 Å². The summed E-state index contributed by atoms with van der Waals surface area (Å²) in [6.45, 7) is 0.358. The SMILES string of the molecule is O=c1ccn2ccn(Cc3cccc(Br)c3)c(=O)c2c1O. The second-order valence-electron chi connectivity index (χ2n) is 4.65. The molecule has 0 atom stereocenters. The van der Waals surface area contributed by atoms with Crippen molar-refractivity contribution >= 4 is 21.4 Å². The van der Waals surface area contributed by atoms with E-state index in [1.165, 1.54) is 21.2 Å². The van der Waals surface area contributed by atoms with Crippen LogP contribution in [0.3, 0.4) is 0 Å². The van der Waals surface area contributed by atoms with E-state index in [9.17, 15) is 14.7 Å². The van der Waals surface area contributed by atoms with Gasteiger partial charge in [0, 0.05) is 29.1 Å². The Hall–Kier alpha value is -2.34. The molecule has 3 rings (SSSR count). The van der Waals surface area contributed by atoms with Crippen LogP contribution in [-0.4, -0.2) is 14.1 Å². The number of rotatable bonds is 2. The molecular formula is C15H11BrN2O3. The highest BCUT2D eigenvalue weighted by Crippen LogP contribution is 2.13. The fraction of sp³-hybridized carbons (Fsp3) is 0.0667. The quantitative estimate of drug-likeness (QED) is 0.771. The minimum absolute atomic E-state index is 0.0139. The van der Waals surface area contributed by atoms with Crippen LogP contribution >= 0.6 is 15.9 Å². The van der Waals surface area contributed by atoms with Crippen molar-refractivity contribution in [1.82, 2.24) is 8.97 Å². The summed E-state index contributed by atoms with van der Waals surface area (Å²) in [5, 5.41) is 9.82. The molecule has 0 aliphatic rings. The van der Waals surface area contributed by atoms with Crippen molar-refractivity contribution in [2.24, 2.45) is 0 Å². The third-order valence-corrected chi connectivity index (χ3v) is 3.71. The van der Waals surface area contributed by atoms with Gasteiger partial charge >= 0.3 is 0 Å². The van der Waals surface area contributed by atoms with Crippen LogP contribution in [0.5, 0.6) is 5.75 Å². The van der Waals surface area contributed by atoms with Crippen LogP contribution in [0.4, 0.5) is 0 Å². The van der Waals surface area contributed by atoms with E-state index in [0.717, 1.165) is 10.0 Å². The Kier molecular flexibility index (Phi) is 3.39. The molecule has 0 aliphatic heterocycles. The Labute approximate surface area is 127 Å². The fourth-order valence-electron chi connectivity index (χ4n) is 2.19. The number of hydrogen-bond acceptors (Lipinski definition) is 3. The van der Waals surface area contributed by atoms with Crippen molar-refractivity contribution in [3.05, 3.63) is 79.5 Å². The van der Waals surface area contributed by atoms with Gasteiger partial charge in [0.25, 0.3) is 5.56 Å². The number of halogens is 1. The van der Waals surface area contributed by atoms with Crippen LogP contribution in [0.2, 0.25) is 0 Å². The van der Waals surface area contributed by atoms with Crippen molar-refractivity contribution in [3.8, 4) is 5.75 Å². The molecule has 3 aromatic rings. The van der Waals surface area contributed by atoms with Crippen molar-refractivity contribution in [2.45, 2.75) is 6.54 Å². The fourth-order valence-corrected chi connectivity index (χ4v) is 2.64. The first-order valence-corrected chi connectivity index (χ1v) is 7.03. The highest BCUT2D eigenvalue weighted by molar-refractivity contribution is 9.10. The summed E-state index contributed by atoms with van der Waals surface area (Å²) in [4.78, 5) is 23.9. The molecule has 6 heteroatoms. The second-order valence-corrected chi connectivity index (χ2v) is 5.56. The molecule has 2 aromatic heterocycles. The van der Waals surface area contributed by atoms with Crippen molar-refractivity contribution in [2.75, 3.05) is 0 Å². The van der Waals surface area contributed by atoms with Crippen LogP contribution in [0.25, 0.3) is 5.52 Å². The summed E-state index contributed by atoms with van der Waals surface area (Å²) < 4.78 is 3.82. The van der Waals surface area contributed by atoms with Crippen LogP contribution in [-0.2, 0) is 6.54 Å². The topological polar surface area (TPSA) is 63.7 Å². The van der Waals surface area contributed by atoms with Crippen LogP contribution in [0.1, 0.15) is 5.56 Å². The highest BCUT2D eigenvalue weighted by Gasteiger charge is 2.10. The van der Waals surface area contributed by atoms with Crippen LogP contribution < -0.4 is 11.0 Å². The van der Waals surface area contributed by atoms with Crippen molar-refractivity contribution in [1.29, 1.82) is 0 Å². The molecule has 106 valence electrons. The molecule has 1 aromatic carbocycles. The largest absolute Gasteiger partial charge is 0.503 e. The Morgan fingerprint density at radius 1 is 1.10 bits per heavy atom. The molecule has 0 amide bonds. The Morgan fingerprint density at radius 2 is 1.90 bits per heavy atom. The maximum atomic E-state index is 12.4. The zero-order chi connectivity index (χ0) is 15.0. The molecule has 0 spiro atoms. The third kappa shape index (κ3) is 2.50. The second kappa shape index (κ2) is 5.21. The minimum Gasteiger partial charge on any atom is -0.503 e. The van der Waals surface area contributed by atoms with Gasteiger partial charge in [-0.3, -0.25) is 9.59 Å². The average molecular weight is 347 g/mol. The predicted octanol–water partition coefficient (Wildman–Crippen LogP) is 1.98. The first-order valence-electron chi connectivity index (χ1n) is 6.24. The number of aromatic nitrogens is 2. The van der Waals surface area contributed by atoms with E-state index >= 15 is 0 Å². The maximum absolute atomic E-state index is 12.4. The summed E-state index contributed by atoms with van der Waals surface area (Å²) in [7, 11) is 0. The Balaban J connectivity index is 2.16. The zero-order valence-electron chi connectivity index (χ0n) is 10.9. The van der Waals surface area contributed by atoms with Crippen molar-refractivity contribution < 1.29 is 5.11 Å². The summed E-state index contributed by atoms with van der Waals surface area (Å²) in [6.07, 6.45) is 4.72. The van der Waals surface area contributed by atoms with Crippen LogP contribution in [0, 0.1) is 0 Å². The van der Waals surface area contributed by atoms with E-state index in [4.69, 9.17) is 0 Å². The van der Waals surface area contributed by atoms with E-state index in [0.29, 0.717) is 6.54 Å². The number of benzene rings is 1. The molecule has 0 fully saturated rings. The van der Waals surface area contributed by atoms with E-state index in [-0.39, 0.29) is 5.52 Å². The maximum Gasteiger partial charge on any atom is 0.279 e. The molecule has 1 N–H and O–H groups in total. The average Bonchev–Trinajstić information content (AvgIpc) is 2.46. The van der Waals surface area contributed by atoms with Gasteiger partial charge in [-0.25, -0.2) is 0 Å². The van der Waals surface area contributed by atoms with Gasteiger partial charge in [0.15, 0.2) is 11.3 Å². The summed E-state index contributed by atoms with van der Waals surface area (Å²) in [6, 6.07) is 8.82. The number of aromatic hydroxyl groups is 1. The molecule has 0 saturated carbocycles. The molecule has 0 bridgehead atoms. The lowest BCUT2D eigenvalue weighted by Gasteiger charge is -2.09. The van der Waals surface area contributed by atoms with Gasteiger partial charge in [-0.05, 0) is 17.7 Å². The predicted molar refractivity (Wildman–Crippen MR) is 82.8 cm³/mol. The van der Waals surface area contributed by atoms with E-state index in [1.807, 2.05) is 24.3 Å². The molecule has 2 heterocycles. The highest BCUT2D eigenvalue weighted by atomic mass is 79.9. The number of nitrogens with zero attached hydrogens (tertiary/aromatic N) is 2. The minimum atomic E-state index is -0.563. The first kappa shape index (κ1) is 13.6. The first-order chi connectivity index (χ1) is 10.1. The Bertz CT molecular complexity index is 944. The normalized spacial score (nSPS) is 10.9. The van der Waals surface area contributed by atoms with Gasteiger partial charge in [-0.15, -0.1) is 0 Å². The Morgan fingerprint density at radius 3 is 2.67 bits per heavy atom. The molecule has 0 aliphatic carbocycles. The number of fused-ring (bicyclic) bond motifs is 1. The lowest BCUT2D eigenvalue weighted by atomic mass is 10.2. The standard InChI is InChI=1S/C15H11BrN2O3/c16-11-3-1-2-10(8-11)9-18-7-6-17-5-4-12(19)14(20)13(17)15(18)21/h1-8,20H,9H2. The van der Waals surface area contributed by atoms with E-state index in [2.05, 4.69) is 15.9 Å². The molecular weight excluding hydrogens is 336 g/mol. The molecule has 0 unspecified atom stereocenters. The monoisotopic (exact) mass is 346 g/mol. The molecule has 0 radical (unpaired) electrons. The van der Waals surface area contributed by atoms with Crippen molar-refractivity contribution in [3.63, 3.8) is 0 Å². The van der Waals surface area contributed by atoms with E-state index < -0.39 is 16.7 Å². The van der Waals surface area contributed by atoms with E-state index in [1.54, 1.807) is 12.4 Å². The molecule has 21 heavy (non-hydrogen) atoms. The molecule has 5 nitrogen and oxygen atoms in total. The zero-order valence-corrected chi connectivity index (χ0v) is 12.4. The van der Waals surface area contributed by atoms with Crippen LogP contribution in [0.15, 0.2) is 63.0 Å². The van der Waals surface area contributed by atoms with Gasteiger partial charge in [-0.2, -0.15) is 0 Å². The summed E-state index contributed by atoms with van der Waals surface area (Å²) >= 11 is 3.38. The van der Waals surface area contributed by atoms with Gasteiger partial charge in [0.05, 0.1) is 6.54 Å². The summed E-state index contributed by atoms with van der Waals surface area (Å²) in [5.41, 5.74) is -0.0476. The van der Waals surface area contributed by atoms with Gasteiger partial charge in [0.1, 0.15) is 0 Å². The lowest BCUT2D eigenvalue weighted by molar-refractivity contribution is 0.472. The third-order valence-electron chi connectivity index (χ3n) is 3.22.